The molecule has 0 spiro atoms. The summed E-state index contributed by atoms with van der Waals surface area (Å²) in [5.41, 5.74) is 7.49. The molecule has 0 saturated carbocycles. The van der Waals surface area contributed by atoms with Crippen molar-refractivity contribution in [3.63, 3.8) is 0 Å². The molecule has 1 aromatic carbocycles. The van der Waals surface area contributed by atoms with Gasteiger partial charge in [-0.3, -0.25) is 4.79 Å². The number of amides is 1. The SMILES string of the molecule is COCCNC(=O)CCn1c(N)nc2c(OC)cccc21. The quantitative estimate of drug-likeness (QED) is 0.736. The number of rotatable bonds is 7. The van der Waals surface area contributed by atoms with Crippen LogP contribution in [-0.2, 0) is 16.1 Å². The topological polar surface area (TPSA) is 91.4 Å². The monoisotopic (exact) mass is 292 g/mol. The van der Waals surface area contributed by atoms with Crippen molar-refractivity contribution in [3.05, 3.63) is 18.2 Å². The van der Waals surface area contributed by atoms with Crippen LogP contribution >= 0.6 is 0 Å². The molecule has 1 heterocycles. The van der Waals surface area contributed by atoms with Crippen molar-refractivity contribution in [1.29, 1.82) is 0 Å². The average molecular weight is 292 g/mol. The standard InChI is InChI=1S/C14H20N4O3/c1-20-9-7-16-12(19)6-8-18-10-4-3-5-11(21-2)13(10)17-14(18)15/h3-5H,6-9H2,1-2H3,(H2,15,17)(H,16,19). The summed E-state index contributed by atoms with van der Waals surface area (Å²) in [4.78, 5) is 16.0. The highest BCUT2D eigenvalue weighted by molar-refractivity contribution is 5.84. The fourth-order valence-electron chi connectivity index (χ4n) is 2.13. The van der Waals surface area contributed by atoms with Crippen LogP contribution in [0.1, 0.15) is 6.42 Å². The summed E-state index contributed by atoms with van der Waals surface area (Å²) in [6.07, 6.45) is 0.330. The maximum atomic E-state index is 11.7. The molecule has 0 aliphatic rings. The number of anilines is 1. The van der Waals surface area contributed by atoms with E-state index in [2.05, 4.69) is 10.3 Å². The van der Waals surface area contributed by atoms with Crippen LogP contribution in [0, 0.1) is 0 Å². The van der Waals surface area contributed by atoms with Gasteiger partial charge in [0.15, 0.2) is 0 Å². The van der Waals surface area contributed by atoms with Crippen LogP contribution in [0.15, 0.2) is 18.2 Å². The van der Waals surface area contributed by atoms with Crippen LogP contribution < -0.4 is 15.8 Å². The smallest absolute Gasteiger partial charge is 0.221 e. The Balaban J connectivity index is 2.08. The van der Waals surface area contributed by atoms with E-state index in [1.807, 2.05) is 22.8 Å². The van der Waals surface area contributed by atoms with Gasteiger partial charge in [0.05, 0.1) is 19.2 Å². The number of hydrogen-bond acceptors (Lipinski definition) is 5. The van der Waals surface area contributed by atoms with Gasteiger partial charge < -0.3 is 25.1 Å². The Morgan fingerprint density at radius 2 is 2.24 bits per heavy atom. The van der Waals surface area contributed by atoms with Gasteiger partial charge in [-0.1, -0.05) is 6.07 Å². The Morgan fingerprint density at radius 1 is 1.43 bits per heavy atom. The zero-order chi connectivity index (χ0) is 15.2. The van der Waals surface area contributed by atoms with Crippen molar-refractivity contribution in [2.45, 2.75) is 13.0 Å². The minimum atomic E-state index is -0.0452. The van der Waals surface area contributed by atoms with Gasteiger partial charge in [-0.2, -0.15) is 0 Å². The summed E-state index contributed by atoms with van der Waals surface area (Å²) in [5.74, 6) is 0.998. The molecule has 1 aromatic heterocycles. The van der Waals surface area contributed by atoms with Crippen LogP contribution in [0.5, 0.6) is 5.75 Å². The highest BCUT2D eigenvalue weighted by Crippen LogP contribution is 2.26. The van der Waals surface area contributed by atoms with Crippen LogP contribution in [-0.4, -0.2) is 42.8 Å². The second kappa shape index (κ2) is 6.94. The Kier molecular flexibility index (Phi) is 4.99. The van der Waals surface area contributed by atoms with E-state index in [-0.39, 0.29) is 5.91 Å². The number of carbonyl (C=O) groups excluding carboxylic acids is 1. The van der Waals surface area contributed by atoms with Crippen LogP contribution in [0.2, 0.25) is 0 Å². The van der Waals surface area contributed by atoms with E-state index in [0.717, 1.165) is 5.52 Å². The molecular formula is C14H20N4O3. The number of imidazole rings is 1. The molecule has 7 nitrogen and oxygen atoms in total. The fourth-order valence-corrected chi connectivity index (χ4v) is 2.13. The third-order valence-corrected chi connectivity index (χ3v) is 3.18. The van der Waals surface area contributed by atoms with Gasteiger partial charge in [-0.25, -0.2) is 4.98 Å². The zero-order valence-electron chi connectivity index (χ0n) is 12.3. The predicted molar refractivity (Wildman–Crippen MR) is 80.2 cm³/mol. The third kappa shape index (κ3) is 3.43. The lowest BCUT2D eigenvalue weighted by atomic mass is 10.3. The van der Waals surface area contributed by atoms with Gasteiger partial charge >= 0.3 is 0 Å². The van der Waals surface area contributed by atoms with Crippen molar-refractivity contribution in [1.82, 2.24) is 14.9 Å². The van der Waals surface area contributed by atoms with Gasteiger partial charge in [0, 0.05) is 26.6 Å². The average Bonchev–Trinajstić information content (AvgIpc) is 2.80. The number of para-hydroxylation sites is 1. The first kappa shape index (κ1) is 15.1. The van der Waals surface area contributed by atoms with E-state index >= 15 is 0 Å². The van der Waals surface area contributed by atoms with Crippen LogP contribution in [0.25, 0.3) is 11.0 Å². The number of benzene rings is 1. The summed E-state index contributed by atoms with van der Waals surface area (Å²) in [6, 6.07) is 5.61. The van der Waals surface area contributed by atoms with E-state index in [0.29, 0.717) is 43.3 Å². The molecule has 0 aliphatic heterocycles. The molecule has 0 aliphatic carbocycles. The first-order chi connectivity index (χ1) is 10.2. The normalized spacial score (nSPS) is 10.8. The number of aromatic nitrogens is 2. The maximum Gasteiger partial charge on any atom is 0.221 e. The lowest BCUT2D eigenvalue weighted by molar-refractivity contribution is -0.121. The van der Waals surface area contributed by atoms with Gasteiger partial charge in [0.1, 0.15) is 11.3 Å². The van der Waals surface area contributed by atoms with E-state index in [4.69, 9.17) is 15.2 Å². The Morgan fingerprint density at radius 3 is 2.95 bits per heavy atom. The molecule has 0 atom stereocenters. The molecule has 2 aromatic rings. The molecule has 21 heavy (non-hydrogen) atoms. The number of nitrogens with one attached hydrogen (secondary N) is 1. The lowest BCUT2D eigenvalue weighted by Gasteiger charge is -2.07. The second-order valence-electron chi connectivity index (χ2n) is 4.54. The first-order valence-corrected chi connectivity index (χ1v) is 6.71. The Bertz CT molecular complexity index is 624. The zero-order valence-corrected chi connectivity index (χ0v) is 12.3. The molecule has 0 unspecified atom stereocenters. The molecule has 0 saturated heterocycles. The number of hydrogen-bond donors (Lipinski definition) is 2. The van der Waals surface area contributed by atoms with Crippen molar-refractivity contribution in [3.8, 4) is 5.75 Å². The second-order valence-corrected chi connectivity index (χ2v) is 4.54. The van der Waals surface area contributed by atoms with Crippen molar-refractivity contribution in [2.24, 2.45) is 0 Å². The first-order valence-electron chi connectivity index (χ1n) is 6.71. The van der Waals surface area contributed by atoms with Crippen molar-refractivity contribution >= 4 is 22.9 Å². The molecule has 7 heteroatoms. The minimum absolute atomic E-state index is 0.0452. The van der Waals surface area contributed by atoms with Crippen molar-refractivity contribution in [2.75, 3.05) is 33.1 Å². The number of fused-ring (bicyclic) bond motifs is 1. The number of methoxy groups -OCH3 is 2. The molecule has 0 fully saturated rings. The van der Waals surface area contributed by atoms with Gasteiger partial charge in [-0.15, -0.1) is 0 Å². The van der Waals surface area contributed by atoms with E-state index in [1.54, 1.807) is 14.2 Å². The predicted octanol–water partition coefficient (Wildman–Crippen LogP) is 0.780. The summed E-state index contributed by atoms with van der Waals surface area (Å²) in [7, 11) is 3.19. The van der Waals surface area contributed by atoms with Crippen LogP contribution in [0.3, 0.4) is 0 Å². The minimum Gasteiger partial charge on any atom is -0.494 e. The summed E-state index contributed by atoms with van der Waals surface area (Å²) >= 11 is 0. The Labute approximate surface area is 123 Å². The van der Waals surface area contributed by atoms with E-state index in [9.17, 15) is 4.79 Å². The molecule has 0 radical (unpaired) electrons. The summed E-state index contributed by atoms with van der Waals surface area (Å²) < 4.78 is 12.0. The highest BCUT2D eigenvalue weighted by Gasteiger charge is 2.12. The molecule has 114 valence electrons. The third-order valence-electron chi connectivity index (χ3n) is 3.18. The lowest BCUT2D eigenvalue weighted by Crippen LogP contribution is -2.27. The number of nitrogen functional groups attached to an aromatic ring is 1. The summed E-state index contributed by atoms with van der Waals surface area (Å²) in [5, 5.41) is 2.77. The number of aryl methyl sites for hydroxylation is 1. The molecule has 0 bridgehead atoms. The van der Waals surface area contributed by atoms with Crippen LogP contribution in [0.4, 0.5) is 5.95 Å². The fraction of sp³-hybridized carbons (Fsp3) is 0.429. The molecular weight excluding hydrogens is 272 g/mol. The van der Waals surface area contributed by atoms with Gasteiger partial charge in [0.25, 0.3) is 0 Å². The number of nitrogens with two attached hydrogens (primary N) is 1. The number of nitrogens with zero attached hydrogens (tertiary/aromatic N) is 2. The van der Waals surface area contributed by atoms with Crippen molar-refractivity contribution < 1.29 is 14.3 Å². The van der Waals surface area contributed by atoms with Gasteiger partial charge in [0.2, 0.25) is 11.9 Å². The number of ether oxygens (including phenoxy) is 2. The van der Waals surface area contributed by atoms with E-state index in [1.165, 1.54) is 0 Å². The molecule has 1 amide bonds. The molecule has 3 N–H and O–H groups in total. The van der Waals surface area contributed by atoms with E-state index < -0.39 is 0 Å². The summed E-state index contributed by atoms with van der Waals surface area (Å²) in [6.45, 7) is 1.47. The maximum absolute atomic E-state index is 11.7. The molecule has 2 rings (SSSR count). The number of carbonyl (C=O) groups is 1. The largest absolute Gasteiger partial charge is 0.494 e. The highest BCUT2D eigenvalue weighted by atomic mass is 16.5. The van der Waals surface area contributed by atoms with Gasteiger partial charge in [-0.05, 0) is 12.1 Å². The Hall–Kier alpha value is -2.28.